The lowest BCUT2D eigenvalue weighted by atomic mass is 10.0. The maximum atomic E-state index is 10.0. The van der Waals surface area contributed by atoms with Gasteiger partial charge in [-0.05, 0) is 46.2 Å². The van der Waals surface area contributed by atoms with Crippen LogP contribution < -0.4 is 17.7 Å². The molecule has 1 unspecified atom stereocenters. The fourth-order valence-corrected chi connectivity index (χ4v) is 4.42. The Hall–Kier alpha value is -2.07. The summed E-state index contributed by atoms with van der Waals surface area (Å²) in [5, 5.41) is 60.8. The quantitative estimate of drug-likeness (QED) is 0.0336. The predicted molar refractivity (Wildman–Crippen MR) is 146 cm³/mol. The van der Waals surface area contributed by atoms with E-state index in [1.807, 2.05) is 24.3 Å². The van der Waals surface area contributed by atoms with E-state index in [-0.39, 0.29) is 69.6 Å². The molecule has 0 heterocycles. The highest BCUT2D eigenvalue weighted by Gasteiger charge is 2.26. The number of hydrogen-bond acceptors (Lipinski definition) is 11. The lowest BCUT2D eigenvalue weighted by molar-refractivity contribution is -0.928. The number of aliphatic hydroxyl groups is 3. The first-order chi connectivity index (χ1) is 19.5. The van der Waals surface area contributed by atoms with E-state index >= 15 is 0 Å². The Kier molecular flexibility index (Phi) is 20.3. The van der Waals surface area contributed by atoms with Gasteiger partial charge in [-0.2, -0.15) is 0 Å². The number of nitrogens with one attached hydrogen (secondary N) is 1. The average molecular weight is 605 g/mol. The van der Waals surface area contributed by atoms with Crippen LogP contribution in [0.1, 0.15) is 17.5 Å². The molecule has 2 rings (SSSR count). The van der Waals surface area contributed by atoms with Gasteiger partial charge in [0.25, 0.3) is 0 Å². The van der Waals surface area contributed by atoms with E-state index in [0.29, 0.717) is 63.1 Å². The largest absolute Gasteiger partial charge is 1.00 e. The summed E-state index contributed by atoms with van der Waals surface area (Å²) in [5.41, 5.74) is 1.62. The second-order valence-electron chi connectivity index (χ2n) is 9.45. The van der Waals surface area contributed by atoms with Crippen LogP contribution in [-0.2, 0) is 37.4 Å². The van der Waals surface area contributed by atoms with Crippen LogP contribution in [0.4, 0.5) is 0 Å². The van der Waals surface area contributed by atoms with Crippen LogP contribution >= 0.6 is 0 Å². The fourth-order valence-electron chi connectivity index (χ4n) is 4.42. The summed E-state index contributed by atoms with van der Waals surface area (Å²) in [7, 11) is 0. The number of aliphatic hydroxyl groups excluding tert-OH is 3. The molecule has 6 N–H and O–H groups in total. The van der Waals surface area contributed by atoms with E-state index in [4.69, 9.17) is 14.5 Å². The van der Waals surface area contributed by atoms with Crippen molar-refractivity contribution >= 4 is 0 Å². The third-order valence-corrected chi connectivity index (χ3v) is 6.69. The third-order valence-electron chi connectivity index (χ3n) is 6.69. The van der Waals surface area contributed by atoms with Crippen LogP contribution in [-0.4, -0.2) is 115 Å². The second kappa shape index (κ2) is 22.5. The van der Waals surface area contributed by atoms with Crippen molar-refractivity contribution in [3.8, 4) is 11.5 Å². The molecule has 0 spiro atoms. The molecule has 0 radical (unpaired) electrons. The number of hydrogen-bond donors (Lipinski definition) is 6. The number of quaternary nitrogens is 1. The number of benzene rings is 2. The number of ether oxygens (including phenoxy) is 1. The molecule has 234 valence electrons. The first-order valence-electron chi connectivity index (χ1n) is 13.6. The smallest absolute Gasteiger partial charge is 0.118 e. The second-order valence-corrected chi connectivity index (χ2v) is 9.45. The molecule has 0 aromatic heterocycles. The van der Waals surface area contributed by atoms with Crippen molar-refractivity contribution in [3.63, 3.8) is 0 Å². The van der Waals surface area contributed by atoms with Gasteiger partial charge in [-0.1, -0.05) is 36.4 Å². The van der Waals surface area contributed by atoms with Crippen LogP contribution in [0.2, 0.25) is 0 Å². The van der Waals surface area contributed by atoms with Crippen LogP contribution in [0.5, 0.6) is 11.5 Å². The summed E-state index contributed by atoms with van der Waals surface area (Å²) in [4.78, 5) is 9.78. The summed E-state index contributed by atoms with van der Waals surface area (Å²) < 4.78 is 6.09. The molecule has 0 saturated heterocycles. The SMILES string of the molecule is OCCC(Cc1ccccc1O)NCCOOOOCCOCC[N+](CCO)(CCO)CCc1ccccc1O.[Cl-]. The lowest BCUT2D eigenvalue weighted by Gasteiger charge is -2.38. The highest BCUT2D eigenvalue weighted by atomic mass is 35.5. The molecule has 0 bridgehead atoms. The predicted octanol–water partition coefficient (Wildman–Crippen LogP) is -2.14. The van der Waals surface area contributed by atoms with E-state index in [0.717, 1.165) is 11.1 Å². The van der Waals surface area contributed by atoms with Crippen LogP contribution in [0.15, 0.2) is 48.5 Å². The number of nitrogens with zero attached hydrogens (tertiary/aromatic N) is 1. The summed E-state index contributed by atoms with van der Waals surface area (Å²) in [5.74, 6) is 0.457. The molecule has 1 atom stereocenters. The van der Waals surface area contributed by atoms with Gasteiger partial charge in [0.05, 0.1) is 39.6 Å². The van der Waals surface area contributed by atoms with Crippen molar-refractivity contribution in [1.29, 1.82) is 0 Å². The van der Waals surface area contributed by atoms with Gasteiger partial charge >= 0.3 is 0 Å². The summed E-state index contributed by atoms with van der Waals surface area (Å²) in [6.07, 6.45) is 1.69. The first kappa shape index (κ1) is 37.0. The number of phenolic OH excluding ortho intramolecular Hbond substituents is 2. The Labute approximate surface area is 247 Å². The van der Waals surface area contributed by atoms with Crippen LogP contribution in [0.3, 0.4) is 0 Å². The van der Waals surface area contributed by atoms with Gasteiger partial charge in [-0.3, -0.25) is 0 Å². The van der Waals surface area contributed by atoms with Crippen molar-refractivity contribution in [2.24, 2.45) is 0 Å². The molecule has 13 heteroatoms. The number of halogens is 1. The Morgan fingerprint density at radius 2 is 1.29 bits per heavy atom. The van der Waals surface area contributed by atoms with Crippen LogP contribution in [0.25, 0.3) is 0 Å². The van der Waals surface area contributed by atoms with Gasteiger partial charge in [0.2, 0.25) is 0 Å². The van der Waals surface area contributed by atoms with Gasteiger partial charge in [-0.25, -0.2) is 9.78 Å². The topological polar surface area (TPSA) is 159 Å². The normalized spacial score (nSPS) is 12.3. The molecular weight excluding hydrogens is 560 g/mol. The van der Waals surface area contributed by atoms with Gasteiger partial charge in [0.1, 0.15) is 37.7 Å². The van der Waals surface area contributed by atoms with Crippen molar-refractivity contribution in [3.05, 3.63) is 59.7 Å². The summed E-state index contributed by atoms with van der Waals surface area (Å²) >= 11 is 0. The van der Waals surface area contributed by atoms with Gasteiger partial charge < -0.3 is 52.5 Å². The Morgan fingerprint density at radius 3 is 1.90 bits per heavy atom. The van der Waals surface area contributed by atoms with Crippen molar-refractivity contribution in [1.82, 2.24) is 5.32 Å². The zero-order valence-electron chi connectivity index (χ0n) is 23.4. The van der Waals surface area contributed by atoms with E-state index in [1.165, 1.54) is 0 Å². The molecule has 2 aromatic carbocycles. The Bertz CT molecular complexity index is 921. The summed E-state index contributed by atoms with van der Waals surface area (Å²) in [6, 6.07) is 14.2. The Balaban J connectivity index is 0.00000840. The number of phenols is 2. The monoisotopic (exact) mass is 604 g/mol. The molecule has 0 aliphatic rings. The third kappa shape index (κ3) is 15.1. The van der Waals surface area contributed by atoms with E-state index in [1.54, 1.807) is 24.3 Å². The highest BCUT2D eigenvalue weighted by molar-refractivity contribution is 5.32. The van der Waals surface area contributed by atoms with Crippen molar-refractivity contribution in [2.75, 3.05) is 79.0 Å². The fraction of sp³-hybridized carbons (Fsp3) is 0.571. The minimum Gasteiger partial charge on any atom is -1.00 e. The molecule has 0 fully saturated rings. The van der Waals surface area contributed by atoms with E-state index < -0.39 is 0 Å². The minimum atomic E-state index is -0.0474. The molecule has 0 aliphatic carbocycles. The first-order valence-corrected chi connectivity index (χ1v) is 13.6. The summed E-state index contributed by atoms with van der Waals surface area (Å²) in [6.45, 7) is 3.41. The molecule has 0 amide bonds. The van der Waals surface area contributed by atoms with Gasteiger partial charge in [0, 0.05) is 25.6 Å². The molecular formula is C28H45ClN2O10. The maximum Gasteiger partial charge on any atom is 0.118 e. The van der Waals surface area contributed by atoms with E-state index in [2.05, 4.69) is 15.4 Å². The molecule has 12 nitrogen and oxygen atoms in total. The lowest BCUT2D eigenvalue weighted by Crippen LogP contribution is -3.00. The zero-order valence-corrected chi connectivity index (χ0v) is 24.2. The zero-order chi connectivity index (χ0) is 28.9. The number of aromatic hydroxyl groups is 2. The standard InChI is InChI=1S/C28H44N2O10.ClH/c31-16-10-26(23-25-6-2-4-8-28(25)35)29-11-19-37-39-40-38-22-21-36-20-15-30(13-17-32,14-18-33)12-9-24-5-1-3-7-27(24)34;/h1-8,26,29,31-33H,9-23H2,(H-,34,35);1H. The molecule has 0 saturated carbocycles. The average Bonchev–Trinajstić information content (AvgIpc) is 2.94. The van der Waals surface area contributed by atoms with Crippen molar-refractivity contribution < 1.29 is 67.0 Å². The molecule has 2 aromatic rings. The van der Waals surface area contributed by atoms with Gasteiger partial charge in [0.15, 0.2) is 0 Å². The Morgan fingerprint density at radius 1 is 0.683 bits per heavy atom. The number of rotatable bonds is 24. The number of para-hydroxylation sites is 2. The molecule has 0 aliphatic heterocycles. The maximum absolute atomic E-state index is 10.0. The van der Waals surface area contributed by atoms with E-state index in [9.17, 15) is 25.5 Å². The molecule has 41 heavy (non-hydrogen) atoms. The highest BCUT2D eigenvalue weighted by Crippen LogP contribution is 2.19. The van der Waals surface area contributed by atoms with Crippen LogP contribution in [0, 0.1) is 0 Å². The van der Waals surface area contributed by atoms with Crippen molar-refractivity contribution in [2.45, 2.75) is 25.3 Å². The van der Waals surface area contributed by atoms with Gasteiger partial charge in [-0.15, -0.1) is 0 Å². The minimum absolute atomic E-state index is 0.